The van der Waals surface area contributed by atoms with Gasteiger partial charge in [-0.05, 0) is 0 Å². The first-order valence-corrected chi connectivity index (χ1v) is 7.26. The van der Waals surface area contributed by atoms with Gasteiger partial charge in [-0.1, -0.05) is 6.92 Å². The Labute approximate surface area is 88.5 Å². The molecule has 0 aromatic rings. The van der Waals surface area contributed by atoms with E-state index in [2.05, 4.69) is 0 Å². The standard InChI is InChI=1S/C7H15N3O2S2/c1-2-14(11,12)6-5-13-4-3-10(6)7(8)9/h6H,2-5H2,1H3,(H3,8,9). The molecule has 0 radical (unpaired) electrons. The summed E-state index contributed by atoms with van der Waals surface area (Å²) in [4.78, 5) is 1.47. The number of guanidine groups is 1. The van der Waals surface area contributed by atoms with Crippen molar-refractivity contribution in [1.82, 2.24) is 4.90 Å². The summed E-state index contributed by atoms with van der Waals surface area (Å²) in [7, 11) is -3.13. The van der Waals surface area contributed by atoms with Crippen LogP contribution in [0, 0.1) is 5.41 Å². The van der Waals surface area contributed by atoms with Gasteiger partial charge in [0.2, 0.25) is 0 Å². The summed E-state index contributed by atoms with van der Waals surface area (Å²) in [5, 5.41) is 6.70. The Hall–Kier alpha value is -0.430. The van der Waals surface area contributed by atoms with Gasteiger partial charge in [0.15, 0.2) is 15.8 Å². The topological polar surface area (TPSA) is 87.2 Å². The molecule has 1 aliphatic rings. The molecular formula is C7H15N3O2S2. The molecule has 0 aromatic heterocycles. The van der Waals surface area contributed by atoms with E-state index in [1.165, 1.54) is 4.90 Å². The highest BCUT2D eigenvalue weighted by Crippen LogP contribution is 2.20. The van der Waals surface area contributed by atoms with Gasteiger partial charge in [-0.25, -0.2) is 8.42 Å². The molecule has 1 fully saturated rings. The van der Waals surface area contributed by atoms with Crippen LogP contribution < -0.4 is 5.73 Å². The molecule has 0 aromatic carbocycles. The summed E-state index contributed by atoms with van der Waals surface area (Å²) in [6, 6.07) is 0. The van der Waals surface area contributed by atoms with E-state index in [1.54, 1.807) is 18.7 Å². The van der Waals surface area contributed by atoms with Crippen LogP contribution in [0.15, 0.2) is 0 Å². The zero-order valence-corrected chi connectivity index (χ0v) is 9.70. The third-order valence-corrected chi connectivity index (χ3v) is 5.50. The zero-order chi connectivity index (χ0) is 10.8. The highest BCUT2D eigenvalue weighted by atomic mass is 32.2. The lowest BCUT2D eigenvalue weighted by Gasteiger charge is -2.34. The molecule has 1 rings (SSSR count). The minimum Gasteiger partial charge on any atom is -0.370 e. The summed E-state index contributed by atoms with van der Waals surface area (Å²) in [6.45, 7) is 2.16. The van der Waals surface area contributed by atoms with Gasteiger partial charge in [-0.15, -0.1) is 0 Å². The average Bonchev–Trinajstić information content (AvgIpc) is 2.18. The molecule has 0 bridgehead atoms. The molecule has 1 heterocycles. The van der Waals surface area contributed by atoms with E-state index < -0.39 is 15.2 Å². The lowest BCUT2D eigenvalue weighted by molar-refractivity contribution is 0.403. The third-order valence-electron chi connectivity index (χ3n) is 2.21. The first-order valence-electron chi connectivity index (χ1n) is 4.39. The second kappa shape index (κ2) is 4.39. The van der Waals surface area contributed by atoms with Crippen LogP contribution in [0.3, 0.4) is 0 Å². The summed E-state index contributed by atoms with van der Waals surface area (Å²) in [5.41, 5.74) is 5.34. The Morgan fingerprint density at radius 2 is 2.36 bits per heavy atom. The van der Waals surface area contributed by atoms with E-state index in [1.807, 2.05) is 0 Å². The molecule has 7 heteroatoms. The van der Waals surface area contributed by atoms with E-state index >= 15 is 0 Å². The monoisotopic (exact) mass is 237 g/mol. The number of nitrogens with zero attached hydrogens (tertiary/aromatic N) is 1. The van der Waals surface area contributed by atoms with Gasteiger partial charge in [0.05, 0.1) is 0 Å². The number of nitrogens with two attached hydrogens (primary N) is 1. The fraction of sp³-hybridized carbons (Fsp3) is 0.857. The Balaban J connectivity index is 2.88. The minimum atomic E-state index is -3.13. The second-order valence-corrected chi connectivity index (χ2v) is 6.66. The molecule has 0 amide bonds. The molecule has 14 heavy (non-hydrogen) atoms. The Bertz CT molecular complexity index is 315. The van der Waals surface area contributed by atoms with Crippen LogP contribution in [-0.2, 0) is 9.84 Å². The van der Waals surface area contributed by atoms with Gasteiger partial charge in [0, 0.05) is 23.8 Å². The maximum absolute atomic E-state index is 11.7. The molecule has 1 aliphatic heterocycles. The van der Waals surface area contributed by atoms with Gasteiger partial charge in [0.1, 0.15) is 5.37 Å². The molecule has 1 saturated heterocycles. The SMILES string of the molecule is CCS(=O)(=O)C1CSCCN1C(=N)N. The van der Waals surface area contributed by atoms with Gasteiger partial charge in [-0.2, -0.15) is 11.8 Å². The van der Waals surface area contributed by atoms with E-state index in [9.17, 15) is 8.42 Å². The van der Waals surface area contributed by atoms with Crippen molar-refractivity contribution in [3.8, 4) is 0 Å². The van der Waals surface area contributed by atoms with Crippen LogP contribution in [-0.4, -0.2) is 48.5 Å². The van der Waals surface area contributed by atoms with Crippen LogP contribution in [0.5, 0.6) is 0 Å². The quantitative estimate of drug-likeness (QED) is 0.508. The van der Waals surface area contributed by atoms with Crippen molar-refractivity contribution >= 4 is 27.6 Å². The van der Waals surface area contributed by atoms with Crippen LogP contribution in [0.4, 0.5) is 0 Å². The van der Waals surface area contributed by atoms with Gasteiger partial charge >= 0.3 is 0 Å². The van der Waals surface area contributed by atoms with Crippen molar-refractivity contribution in [3.05, 3.63) is 0 Å². The molecule has 0 spiro atoms. The summed E-state index contributed by atoms with van der Waals surface area (Å²) < 4.78 is 23.3. The Morgan fingerprint density at radius 1 is 1.71 bits per heavy atom. The maximum atomic E-state index is 11.7. The lowest BCUT2D eigenvalue weighted by atomic mass is 10.5. The smallest absolute Gasteiger partial charge is 0.189 e. The molecule has 1 unspecified atom stereocenters. The first-order chi connectivity index (χ1) is 6.49. The largest absolute Gasteiger partial charge is 0.370 e. The lowest BCUT2D eigenvalue weighted by Crippen LogP contribution is -2.52. The second-order valence-electron chi connectivity index (χ2n) is 3.06. The number of hydrogen-bond donors (Lipinski definition) is 2. The number of nitrogens with one attached hydrogen (secondary N) is 1. The van der Waals surface area contributed by atoms with Crippen LogP contribution in [0.2, 0.25) is 0 Å². The van der Waals surface area contributed by atoms with E-state index in [4.69, 9.17) is 11.1 Å². The molecule has 0 aliphatic carbocycles. The zero-order valence-electron chi connectivity index (χ0n) is 8.06. The maximum Gasteiger partial charge on any atom is 0.189 e. The van der Waals surface area contributed by atoms with Gasteiger partial charge in [0.25, 0.3) is 0 Å². The first kappa shape index (κ1) is 11.6. The van der Waals surface area contributed by atoms with Crippen molar-refractivity contribution in [2.24, 2.45) is 5.73 Å². The molecule has 5 nitrogen and oxygen atoms in total. The van der Waals surface area contributed by atoms with Gasteiger partial charge < -0.3 is 10.6 Å². The summed E-state index contributed by atoms with van der Waals surface area (Å²) >= 11 is 1.59. The Kier molecular flexibility index (Phi) is 3.65. The third kappa shape index (κ3) is 2.33. The molecular weight excluding hydrogens is 222 g/mol. The predicted octanol–water partition coefficient (Wildman–Crippen LogP) is -0.311. The molecule has 1 atom stereocenters. The van der Waals surface area contributed by atoms with Crippen molar-refractivity contribution in [3.63, 3.8) is 0 Å². The van der Waals surface area contributed by atoms with Crippen molar-refractivity contribution in [2.75, 3.05) is 23.8 Å². The van der Waals surface area contributed by atoms with E-state index in [-0.39, 0.29) is 11.7 Å². The highest BCUT2D eigenvalue weighted by Gasteiger charge is 2.33. The minimum absolute atomic E-state index is 0.0992. The normalized spacial score (nSPS) is 23.5. The summed E-state index contributed by atoms with van der Waals surface area (Å²) in [5.74, 6) is 1.29. The Morgan fingerprint density at radius 3 is 2.86 bits per heavy atom. The number of sulfone groups is 1. The number of hydrogen-bond acceptors (Lipinski definition) is 4. The molecule has 82 valence electrons. The van der Waals surface area contributed by atoms with Crippen molar-refractivity contribution < 1.29 is 8.42 Å². The average molecular weight is 237 g/mol. The van der Waals surface area contributed by atoms with Crippen LogP contribution in [0.25, 0.3) is 0 Å². The predicted molar refractivity (Wildman–Crippen MR) is 59.2 cm³/mol. The van der Waals surface area contributed by atoms with Crippen molar-refractivity contribution in [1.29, 1.82) is 5.41 Å². The van der Waals surface area contributed by atoms with E-state index in [0.29, 0.717) is 12.3 Å². The summed E-state index contributed by atoms with van der Waals surface area (Å²) in [6.07, 6.45) is 0. The fourth-order valence-corrected chi connectivity index (χ4v) is 4.33. The number of thioether (sulfide) groups is 1. The fourth-order valence-electron chi connectivity index (χ4n) is 1.35. The van der Waals surface area contributed by atoms with Crippen molar-refractivity contribution in [2.45, 2.75) is 12.3 Å². The molecule has 0 saturated carbocycles. The number of rotatable bonds is 2. The van der Waals surface area contributed by atoms with Gasteiger partial charge in [-0.3, -0.25) is 5.41 Å². The van der Waals surface area contributed by atoms with Crippen LogP contribution >= 0.6 is 11.8 Å². The van der Waals surface area contributed by atoms with Crippen LogP contribution in [0.1, 0.15) is 6.92 Å². The molecule has 3 N–H and O–H groups in total. The highest BCUT2D eigenvalue weighted by molar-refractivity contribution is 8.01. The van der Waals surface area contributed by atoms with E-state index in [0.717, 1.165) is 5.75 Å².